The van der Waals surface area contributed by atoms with Crippen LogP contribution in [-0.4, -0.2) is 246 Å². The minimum Gasteiger partial charge on any atom is -0.508 e. The van der Waals surface area contributed by atoms with E-state index in [1.807, 2.05) is 0 Å². The van der Waals surface area contributed by atoms with Gasteiger partial charge >= 0.3 is 5.97 Å². The van der Waals surface area contributed by atoms with Gasteiger partial charge in [-0.3, -0.25) is 38.4 Å². The molecule has 7 aromatic rings. The Balaban J connectivity index is 1.03. The summed E-state index contributed by atoms with van der Waals surface area (Å²) in [5.41, 5.74) is 9.02. The highest BCUT2D eigenvalue weighted by Gasteiger charge is 2.52. The van der Waals surface area contributed by atoms with Crippen LogP contribution in [0, 0.1) is 5.92 Å². The molecule has 8 aliphatic heterocycles. The van der Waals surface area contributed by atoms with Crippen LogP contribution in [0.1, 0.15) is 160 Å². The zero-order chi connectivity index (χ0) is 96.2. The second-order valence-electron chi connectivity index (χ2n) is 34.0. The van der Waals surface area contributed by atoms with Gasteiger partial charge in [0.15, 0.2) is 29.1 Å². The summed E-state index contributed by atoms with van der Waals surface area (Å²) in [7, 11) is 1.43. The van der Waals surface area contributed by atoms with E-state index in [0.29, 0.717) is 69.9 Å². The van der Waals surface area contributed by atoms with Gasteiger partial charge in [0, 0.05) is 48.2 Å². The third-order valence-corrected chi connectivity index (χ3v) is 24.7. The molecule has 42 heteroatoms. The lowest BCUT2D eigenvalue weighted by molar-refractivity contribution is -0.277. The summed E-state index contributed by atoms with van der Waals surface area (Å²) in [6, 6.07) is 5.55. The van der Waals surface area contributed by atoms with Gasteiger partial charge in [-0.1, -0.05) is 106 Å². The van der Waals surface area contributed by atoms with Gasteiger partial charge in [0.2, 0.25) is 65.6 Å². The van der Waals surface area contributed by atoms with Crippen LogP contribution in [0.2, 0.25) is 10.0 Å². The normalized spacial score (nSPS) is 25.2. The molecule has 8 amide bonds. The quantitative estimate of drug-likeness (QED) is 0.0311. The average molecular weight is 1900 g/mol. The van der Waals surface area contributed by atoms with E-state index in [1.54, 1.807) is 0 Å². The van der Waals surface area contributed by atoms with Gasteiger partial charge in [0.05, 0.1) is 16.7 Å². The largest absolute Gasteiger partial charge is 0.508 e. The minimum absolute atomic E-state index is 0.132. The van der Waals surface area contributed by atoms with Crippen LogP contribution in [-0.2, 0) is 59.0 Å². The Kier molecular flexibility index (Phi) is 33.0. The number of ether oxygens (including phenoxy) is 7. The van der Waals surface area contributed by atoms with Crippen molar-refractivity contribution in [3.63, 3.8) is 0 Å². The number of aliphatic hydroxyl groups excluding tert-OH is 7. The van der Waals surface area contributed by atoms with Crippen LogP contribution in [0.25, 0.3) is 11.1 Å². The molecular formula is C92H110Cl2N12O28. The van der Waals surface area contributed by atoms with E-state index >= 15 is 28.8 Å². The summed E-state index contributed by atoms with van der Waals surface area (Å²) >= 11 is 14.4. The summed E-state index contributed by atoms with van der Waals surface area (Å²) in [5.74, 6) is -17.6. The van der Waals surface area contributed by atoms with Gasteiger partial charge in [-0.05, 0) is 178 Å². The first-order chi connectivity index (χ1) is 64.1. The fourth-order valence-corrected chi connectivity index (χ4v) is 17.2. The SMILES string of the molecule is CN[C@@H]1C(=O)N[C@@H]2Cc3ccc(cc3)Oc3cc4cc(c3O[C@@H]3O[C@H](C(=O)O)[C@@H](O)[C@H](O)[C@H]3NC(=O)CCCCCCCCC(C)C)Oc3ccc(cc3Cl)[C@@H](O)[C@@H]3NC(=O)[C@H](NC(=O)[C@@H]4NC(=O)[C@@H](NC2=O)c2cc(cc(O)c2Cl)Oc2cc1ccc2O)c1ccc(O)c(c1)-c1c(O[C@H]2O[C@H](CO)[C@@H](O)[C@H](O)[C@@H]2O)cc(O)cc1[C@@H](C(=O)NCCCN(CCCN)CCCN)NC3=O. The van der Waals surface area contributed by atoms with Crippen molar-refractivity contribution in [1.29, 1.82) is 0 Å². The number of nitrogens with zero attached hydrogens (tertiary/aromatic N) is 1. The van der Waals surface area contributed by atoms with Crippen LogP contribution in [0.3, 0.4) is 0 Å². The molecule has 8 aliphatic rings. The number of carbonyl (C=O) groups is 9. The van der Waals surface area contributed by atoms with Crippen molar-refractivity contribution < 1.29 is 138 Å². The number of carbonyl (C=O) groups excluding carboxylic acids is 8. The topological polar surface area (TPSA) is 625 Å². The molecule has 134 heavy (non-hydrogen) atoms. The number of likely N-dealkylation sites (N-methyl/N-ethyl adjacent to an activating group) is 1. The molecule has 15 rings (SSSR count). The van der Waals surface area contributed by atoms with Gasteiger partial charge < -0.3 is 159 Å². The maximum atomic E-state index is 16.9. The van der Waals surface area contributed by atoms with Crippen molar-refractivity contribution >= 4 is 76.4 Å². The molecular weight excluding hydrogens is 1790 g/mol. The van der Waals surface area contributed by atoms with Crippen LogP contribution >= 0.6 is 23.2 Å². The number of aliphatic hydroxyl groups is 7. The zero-order valence-corrected chi connectivity index (χ0v) is 74.6. The van der Waals surface area contributed by atoms with Crippen LogP contribution < -0.4 is 83.0 Å². The number of fused-ring (bicyclic) bond motifs is 14. The Hall–Kier alpha value is -12.0. The molecule has 0 radical (unpaired) electrons. The Morgan fingerprint density at radius 2 is 1.19 bits per heavy atom. The molecule has 720 valence electrons. The highest BCUT2D eigenvalue weighted by molar-refractivity contribution is 6.33. The number of aromatic hydroxyl groups is 4. The number of amides is 8. The van der Waals surface area contributed by atoms with Gasteiger partial charge in [0.1, 0.15) is 131 Å². The molecule has 0 aromatic heterocycles. The van der Waals surface area contributed by atoms with E-state index in [9.17, 15) is 75.7 Å². The molecule has 0 spiro atoms. The summed E-state index contributed by atoms with van der Waals surface area (Å²) < 4.78 is 44.7. The standard InChI is InChI=1S/C92H110Cl2N12O28/c1-42(2)13-8-6-4-5-7-9-14-65(112)100-74-77(115)79(117)82(90(126)127)134-91(74)133-81-62-35-47-36-63(81)130-59-24-19-46(33-54(59)93)75(113)73-89(125)104-71(84(120)98-27-12-30-106(28-10-25-95)29-11-26-96)52-37-48(108)38-61(131-92-80(118)78(116)76(114)64(41-107)132-92)66(52)51-32-44(17-22-56(51)109)69(86(122)105-73)101-87(123)70(47)102-88(124)72-53-39-50(40-58(111)67(53)94)129-60-34-45(18-23-57(60)110)68(97-3)85(121)99-55(83(119)103-72)31-43-15-20-49(128-62)21-16-43/h15-24,32-40,42,55,64,68-80,82,91-92,97,107-111,113-118H,4-14,25-31,41,95-96H2,1-3H3,(H,98,120)(H,99,121)(H,100,112)(H,101,123)(H,102,124)(H,103,119)(H,104,125)(H,105,122)(H,126,127)/t55-,64-,68+,69-,70-,71+,72+,73+,74-,75-,76-,77-,78+,79+,80+,82+,91-,92+/m1/s1. The molecule has 0 aliphatic carbocycles. The maximum Gasteiger partial charge on any atom is 0.335 e. The number of unbranched alkanes of at least 4 members (excludes halogenated alkanes) is 5. The van der Waals surface area contributed by atoms with E-state index in [4.69, 9.17) is 67.8 Å². The number of hydrogen-bond acceptors (Lipinski definition) is 31. The summed E-state index contributed by atoms with van der Waals surface area (Å²) in [6.07, 6.45) is -14.8. The number of hydrogen-bond donors (Lipinski definition) is 23. The number of benzene rings is 7. The maximum absolute atomic E-state index is 16.9. The highest BCUT2D eigenvalue weighted by Crippen LogP contribution is 2.51. The summed E-state index contributed by atoms with van der Waals surface area (Å²) in [6.45, 7) is 5.37. The van der Waals surface area contributed by atoms with Crippen molar-refractivity contribution in [2.75, 3.05) is 52.9 Å². The van der Waals surface area contributed by atoms with Crippen molar-refractivity contribution in [1.82, 2.24) is 52.8 Å². The Morgan fingerprint density at radius 1 is 0.552 bits per heavy atom. The third kappa shape index (κ3) is 23.2. The molecule has 18 atom stereocenters. The number of rotatable bonds is 28. The van der Waals surface area contributed by atoms with E-state index in [-0.39, 0.29) is 47.8 Å². The number of phenolic OH excluding ortho intramolecular Hbond substituents is 4. The van der Waals surface area contributed by atoms with Gasteiger partial charge in [-0.25, -0.2) is 4.79 Å². The lowest BCUT2D eigenvalue weighted by atomic mass is 9.89. The van der Waals surface area contributed by atoms with Crippen LogP contribution in [0.4, 0.5) is 0 Å². The lowest BCUT2D eigenvalue weighted by Crippen LogP contribution is -2.66. The molecule has 25 N–H and O–H groups in total. The molecule has 40 nitrogen and oxygen atoms in total. The molecule has 0 unspecified atom stereocenters. The van der Waals surface area contributed by atoms with E-state index in [1.165, 1.54) is 49.5 Å². The summed E-state index contributed by atoms with van der Waals surface area (Å²) in [4.78, 5) is 141. The minimum atomic E-state index is -2.46. The molecule has 0 saturated carbocycles. The van der Waals surface area contributed by atoms with Crippen LogP contribution in [0.15, 0.2) is 115 Å². The second kappa shape index (κ2) is 44.5. The molecule has 2 saturated heterocycles. The van der Waals surface area contributed by atoms with Gasteiger partial charge in [-0.15, -0.1) is 0 Å². The number of nitrogens with two attached hydrogens (primary N) is 2. The zero-order valence-electron chi connectivity index (χ0n) is 73.1. The van der Waals surface area contributed by atoms with Crippen LogP contribution in [0.5, 0.6) is 69.0 Å². The molecule has 8 heterocycles. The first kappa shape index (κ1) is 99.5. The second-order valence-corrected chi connectivity index (χ2v) is 34.8. The van der Waals surface area contributed by atoms with E-state index < -0.39 is 271 Å². The lowest BCUT2D eigenvalue weighted by Gasteiger charge is -2.41. The first-order valence-corrected chi connectivity index (χ1v) is 44.8. The number of halogens is 2. The fourth-order valence-electron chi connectivity index (χ4n) is 16.8. The first-order valence-electron chi connectivity index (χ1n) is 44.1. The summed E-state index contributed by atoms with van der Waals surface area (Å²) in [5, 5.41) is 162. The smallest absolute Gasteiger partial charge is 0.335 e. The average Bonchev–Trinajstić information content (AvgIpc) is 0.756. The predicted molar refractivity (Wildman–Crippen MR) is 477 cm³/mol. The highest BCUT2D eigenvalue weighted by atomic mass is 35.5. The molecule has 2 fully saturated rings. The van der Waals surface area contributed by atoms with Crippen molar-refractivity contribution in [3.8, 4) is 80.1 Å². The number of carboxylic acid groups (broad SMARTS) is 1. The Morgan fingerprint density at radius 3 is 1.87 bits per heavy atom. The fraction of sp³-hybridized carbons (Fsp3) is 0.446. The number of carboxylic acids is 1. The number of aliphatic carboxylic acids is 1. The molecule has 17 bridgehead atoms. The van der Waals surface area contributed by atoms with E-state index in [2.05, 4.69) is 66.6 Å². The van der Waals surface area contributed by atoms with Gasteiger partial charge in [-0.2, -0.15) is 0 Å². The predicted octanol–water partition coefficient (Wildman–Crippen LogP) is 3.61. The number of nitrogens with one attached hydrogen (secondary N) is 9. The molecule has 7 aromatic carbocycles. The monoisotopic (exact) mass is 1900 g/mol. The van der Waals surface area contributed by atoms with Crippen molar-refractivity contribution in [2.24, 2.45) is 17.4 Å². The third-order valence-electron chi connectivity index (χ3n) is 24.0. The van der Waals surface area contributed by atoms with Crippen molar-refractivity contribution in [3.05, 3.63) is 164 Å². The Labute approximate surface area is 778 Å². The Bertz CT molecular complexity index is 5460. The number of phenols is 4. The van der Waals surface area contributed by atoms with E-state index in [0.717, 1.165) is 105 Å². The van der Waals surface area contributed by atoms with Gasteiger partial charge in [0.25, 0.3) is 0 Å². The van der Waals surface area contributed by atoms with Crippen molar-refractivity contribution in [2.45, 2.75) is 201 Å².